The third-order valence-electron chi connectivity index (χ3n) is 2.96. The van der Waals surface area contributed by atoms with Crippen LogP contribution in [0, 0.1) is 12.8 Å². The number of aryl methyl sites for hydroxylation is 1. The van der Waals surface area contributed by atoms with E-state index in [1.54, 1.807) is 13.2 Å². The molecular formula is C15H24N2O2. The van der Waals surface area contributed by atoms with Gasteiger partial charge in [0.05, 0.1) is 12.2 Å². The van der Waals surface area contributed by atoms with Gasteiger partial charge in [-0.3, -0.25) is 4.79 Å². The molecule has 0 saturated heterocycles. The number of hydrogen-bond acceptors (Lipinski definition) is 3. The van der Waals surface area contributed by atoms with Gasteiger partial charge in [0, 0.05) is 25.9 Å². The molecule has 4 heteroatoms. The largest absolute Gasteiger partial charge is 0.398 e. The van der Waals surface area contributed by atoms with E-state index in [0.29, 0.717) is 36.9 Å². The first-order valence-corrected chi connectivity index (χ1v) is 6.60. The summed E-state index contributed by atoms with van der Waals surface area (Å²) >= 11 is 0. The van der Waals surface area contributed by atoms with E-state index in [9.17, 15) is 4.79 Å². The summed E-state index contributed by atoms with van der Waals surface area (Å²) in [7, 11) is 1.64. The van der Waals surface area contributed by atoms with E-state index in [0.717, 1.165) is 5.56 Å². The molecule has 0 aliphatic heterocycles. The molecule has 0 bridgehead atoms. The number of benzene rings is 1. The lowest BCUT2D eigenvalue weighted by Crippen LogP contribution is -2.37. The highest BCUT2D eigenvalue weighted by Crippen LogP contribution is 2.19. The molecule has 0 atom stereocenters. The average molecular weight is 264 g/mol. The first kappa shape index (κ1) is 15.5. The Morgan fingerprint density at radius 2 is 2.11 bits per heavy atom. The Morgan fingerprint density at radius 1 is 1.42 bits per heavy atom. The molecule has 0 heterocycles. The number of methoxy groups -OCH3 is 1. The van der Waals surface area contributed by atoms with Gasteiger partial charge in [0.2, 0.25) is 0 Å². The van der Waals surface area contributed by atoms with Gasteiger partial charge in [-0.25, -0.2) is 0 Å². The number of amides is 1. The van der Waals surface area contributed by atoms with E-state index >= 15 is 0 Å². The van der Waals surface area contributed by atoms with Crippen molar-refractivity contribution in [1.29, 1.82) is 0 Å². The average Bonchev–Trinajstić information content (AvgIpc) is 2.33. The van der Waals surface area contributed by atoms with Gasteiger partial charge in [0.15, 0.2) is 0 Å². The van der Waals surface area contributed by atoms with Crippen LogP contribution in [0.3, 0.4) is 0 Å². The molecule has 1 aromatic carbocycles. The number of ether oxygens (including phenoxy) is 1. The minimum absolute atomic E-state index is 0.0126. The lowest BCUT2D eigenvalue weighted by molar-refractivity contribution is 0.0672. The molecule has 0 aliphatic rings. The minimum Gasteiger partial charge on any atom is -0.398 e. The number of carbonyl (C=O) groups excluding carboxylic acids is 1. The quantitative estimate of drug-likeness (QED) is 0.802. The monoisotopic (exact) mass is 264 g/mol. The van der Waals surface area contributed by atoms with Crippen LogP contribution < -0.4 is 5.73 Å². The molecule has 1 rings (SSSR count). The number of rotatable bonds is 6. The summed E-state index contributed by atoms with van der Waals surface area (Å²) in [6.07, 6.45) is 0. The molecular weight excluding hydrogens is 240 g/mol. The molecule has 0 saturated carbocycles. The Kier molecular flexibility index (Phi) is 5.83. The highest BCUT2D eigenvalue weighted by molar-refractivity contribution is 6.00. The zero-order valence-corrected chi connectivity index (χ0v) is 12.3. The second-order valence-electron chi connectivity index (χ2n) is 5.18. The summed E-state index contributed by atoms with van der Waals surface area (Å²) in [5.41, 5.74) is 8.00. The van der Waals surface area contributed by atoms with Crippen LogP contribution in [-0.4, -0.2) is 37.6 Å². The van der Waals surface area contributed by atoms with Crippen LogP contribution in [0.1, 0.15) is 29.8 Å². The molecule has 1 aromatic rings. The van der Waals surface area contributed by atoms with Gasteiger partial charge in [-0.2, -0.15) is 0 Å². The maximum Gasteiger partial charge on any atom is 0.256 e. The molecule has 0 aromatic heterocycles. The summed E-state index contributed by atoms with van der Waals surface area (Å²) in [6.45, 7) is 7.91. The minimum atomic E-state index is -0.0126. The van der Waals surface area contributed by atoms with Crippen molar-refractivity contribution >= 4 is 11.6 Å². The summed E-state index contributed by atoms with van der Waals surface area (Å²) < 4.78 is 5.08. The second-order valence-corrected chi connectivity index (χ2v) is 5.18. The standard InChI is InChI=1S/C15H24N2O2/c1-11(2)10-17(8-9-19-4)15(18)14-12(3)6-5-7-13(14)16/h5-7,11H,8-10,16H2,1-4H3. The van der Waals surface area contributed by atoms with E-state index in [2.05, 4.69) is 13.8 Å². The predicted octanol–water partition coefficient (Wildman–Crippen LogP) is 2.32. The summed E-state index contributed by atoms with van der Waals surface area (Å²) in [6, 6.07) is 5.54. The number of anilines is 1. The smallest absolute Gasteiger partial charge is 0.256 e. The van der Waals surface area contributed by atoms with Crippen LogP contribution in [0.2, 0.25) is 0 Å². The van der Waals surface area contributed by atoms with Crippen molar-refractivity contribution in [2.75, 3.05) is 32.5 Å². The maximum absolute atomic E-state index is 12.6. The van der Waals surface area contributed by atoms with Gasteiger partial charge >= 0.3 is 0 Å². The first-order valence-electron chi connectivity index (χ1n) is 6.60. The van der Waals surface area contributed by atoms with E-state index < -0.39 is 0 Å². The third-order valence-corrected chi connectivity index (χ3v) is 2.96. The van der Waals surface area contributed by atoms with Crippen LogP contribution in [0.5, 0.6) is 0 Å². The highest BCUT2D eigenvalue weighted by Gasteiger charge is 2.20. The number of hydrogen-bond donors (Lipinski definition) is 1. The zero-order chi connectivity index (χ0) is 14.4. The fourth-order valence-corrected chi connectivity index (χ4v) is 2.06. The van der Waals surface area contributed by atoms with Crippen LogP contribution in [0.4, 0.5) is 5.69 Å². The summed E-state index contributed by atoms with van der Waals surface area (Å²) in [5, 5.41) is 0. The predicted molar refractivity (Wildman–Crippen MR) is 78.2 cm³/mol. The van der Waals surface area contributed by atoms with Gasteiger partial charge in [0.25, 0.3) is 5.91 Å². The zero-order valence-electron chi connectivity index (χ0n) is 12.3. The number of carbonyl (C=O) groups is 1. The molecule has 0 aliphatic carbocycles. The number of nitrogens with two attached hydrogens (primary N) is 1. The van der Waals surface area contributed by atoms with E-state index in [1.807, 2.05) is 24.0 Å². The molecule has 2 N–H and O–H groups in total. The molecule has 19 heavy (non-hydrogen) atoms. The molecule has 0 radical (unpaired) electrons. The molecule has 0 fully saturated rings. The second kappa shape index (κ2) is 7.14. The van der Waals surface area contributed by atoms with E-state index in [1.165, 1.54) is 0 Å². The highest BCUT2D eigenvalue weighted by atomic mass is 16.5. The Labute approximate surface area is 115 Å². The first-order chi connectivity index (χ1) is 8.97. The van der Waals surface area contributed by atoms with Crippen molar-refractivity contribution < 1.29 is 9.53 Å². The van der Waals surface area contributed by atoms with Crippen molar-refractivity contribution in [3.63, 3.8) is 0 Å². The van der Waals surface area contributed by atoms with Crippen molar-refractivity contribution in [2.45, 2.75) is 20.8 Å². The van der Waals surface area contributed by atoms with Crippen LogP contribution in [0.15, 0.2) is 18.2 Å². The Hall–Kier alpha value is -1.55. The summed E-state index contributed by atoms with van der Waals surface area (Å²) in [4.78, 5) is 14.4. The van der Waals surface area contributed by atoms with Gasteiger partial charge < -0.3 is 15.4 Å². The number of nitrogen functional groups attached to an aromatic ring is 1. The molecule has 0 unspecified atom stereocenters. The molecule has 4 nitrogen and oxygen atoms in total. The molecule has 0 spiro atoms. The Morgan fingerprint density at radius 3 is 2.63 bits per heavy atom. The van der Waals surface area contributed by atoms with Gasteiger partial charge in [0.1, 0.15) is 0 Å². The van der Waals surface area contributed by atoms with Crippen LogP contribution in [-0.2, 0) is 4.74 Å². The Bertz CT molecular complexity index is 410. The SMILES string of the molecule is COCCN(CC(C)C)C(=O)c1c(C)cccc1N. The van der Waals surface area contributed by atoms with Gasteiger partial charge in [-0.15, -0.1) is 0 Å². The lowest BCUT2D eigenvalue weighted by Gasteiger charge is -2.25. The lowest BCUT2D eigenvalue weighted by atomic mass is 10.0. The summed E-state index contributed by atoms with van der Waals surface area (Å²) in [5.74, 6) is 0.396. The topological polar surface area (TPSA) is 55.6 Å². The van der Waals surface area contributed by atoms with Crippen molar-refractivity contribution in [2.24, 2.45) is 5.92 Å². The molecule has 106 valence electrons. The van der Waals surface area contributed by atoms with Crippen LogP contribution >= 0.6 is 0 Å². The molecule has 1 amide bonds. The van der Waals surface area contributed by atoms with Crippen molar-refractivity contribution in [3.8, 4) is 0 Å². The van der Waals surface area contributed by atoms with Gasteiger partial charge in [-0.05, 0) is 24.5 Å². The number of nitrogens with zero attached hydrogens (tertiary/aromatic N) is 1. The fraction of sp³-hybridized carbons (Fsp3) is 0.533. The maximum atomic E-state index is 12.6. The van der Waals surface area contributed by atoms with Gasteiger partial charge in [-0.1, -0.05) is 26.0 Å². The van der Waals surface area contributed by atoms with E-state index in [-0.39, 0.29) is 5.91 Å². The normalized spacial score (nSPS) is 10.8. The Balaban J connectivity index is 2.97. The van der Waals surface area contributed by atoms with Crippen molar-refractivity contribution in [3.05, 3.63) is 29.3 Å². The van der Waals surface area contributed by atoms with Crippen molar-refractivity contribution in [1.82, 2.24) is 4.90 Å². The van der Waals surface area contributed by atoms with Crippen LogP contribution in [0.25, 0.3) is 0 Å². The van der Waals surface area contributed by atoms with E-state index in [4.69, 9.17) is 10.5 Å². The fourth-order valence-electron chi connectivity index (χ4n) is 2.06. The third kappa shape index (κ3) is 4.24.